The maximum atomic E-state index is 12.2. The van der Waals surface area contributed by atoms with Crippen LogP contribution in [0, 0.1) is 5.92 Å². The number of rotatable bonds is 4. The van der Waals surface area contributed by atoms with Crippen molar-refractivity contribution in [2.75, 3.05) is 19.6 Å². The fourth-order valence-electron chi connectivity index (χ4n) is 2.95. The third-order valence-corrected chi connectivity index (χ3v) is 4.46. The van der Waals surface area contributed by atoms with Crippen LogP contribution in [0.2, 0.25) is 0 Å². The first-order valence-electron chi connectivity index (χ1n) is 8.01. The zero-order valence-electron chi connectivity index (χ0n) is 13.3. The monoisotopic (exact) mass is 290 g/mol. The van der Waals surface area contributed by atoms with Crippen molar-refractivity contribution in [1.29, 1.82) is 0 Å². The summed E-state index contributed by atoms with van der Waals surface area (Å²) in [7, 11) is 0. The molecule has 5 heteroatoms. The Morgan fingerprint density at radius 2 is 2.14 bits per heavy atom. The van der Waals surface area contributed by atoms with Crippen molar-refractivity contribution >= 4 is 5.91 Å². The smallest absolute Gasteiger partial charge is 0.254 e. The predicted octanol–water partition coefficient (Wildman–Crippen LogP) is 1.85. The van der Waals surface area contributed by atoms with Gasteiger partial charge in [0.1, 0.15) is 0 Å². The van der Waals surface area contributed by atoms with E-state index in [-0.39, 0.29) is 11.4 Å². The number of nitrogens with zero attached hydrogens (tertiary/aromatic N) is 3. The topological polar surface area (TPSA) is 50.2 Å². The number of nitrogens with one attached hydrogen (secondary N) is 1. The van der Waals surface area contributed by atoms with Gasteiger partial charge in [0.15, 0.2) is 0 Å². The standard InChI is InChI=1S/C16H26N4O/c1-16(2,3)20-11-13(9-18-20)15(21)17-8-12-6-7-19(10-12)14-4-5-14/h9,11-12,14H,4-8,10H2,1-3H3,(H,17,21)/t12-/m1/s1. The van der Waals surface area contributed by atoms with Crippen molar-refractivity contribution < 1.29 is 4.79 Å². The molecule has 1 aromatic rings. The molecule has 1 saturated heterocycles. The van der Waals surface area contributed by atoms with Crippen LogP contribution in [0.3, 0.4) is 0 Å². The molecule has 2 heterocycles. The number of hydrogen-bond acceptors (Lipinski definition) is 3. The molecule has 3 rings (SSSR count). The van der Waals surface area contributed by atoms with Crippen LogP contribution >= 0.6 is 0 Å². The number of hydrogen-bond donors (Lipinski definition) is 1. The van der Waals surface area contributed by atoms with Crippen LogP contribution in [0.4, 0.5) is 0 Å². The van der Waals surface area contributed by atoms with Gasteiger partial charge in [-0.2, -0.15) is 5.10 Å². The summed E-state index contributed by atoms with van der Waals surface area (Å²) in [6, 6.07) is 0.843. The van der Waals surface area contributed by atoms with E-state index in [9.17, 15) is 4.79 Å². The van der Waals surface area contributed by atoms with Gasteiger partial charge in [-0.1, -0.05) is 0 Å². The Kier molecular flexibility index (Phi) is 3.78. The van der Waals surface area contributed by atoms with Gasteiger partial charge in [0.25, 0.3) is 5.91 Å². The lowest BCUT2D eigenvalue weighted by molar-refractivity contribution is 0.0947. The predicted molar refractivity (Wildman–Crippen MR) is 82.3 cm³/mol. The third kappa shape index (κ3) is 3.46. The van der Waals surface area contributed by atoms with E-state index < -0.39 is 0 Å². The summed E-state index contributed by atoms with van der Waals surface area (Å²) in [5.41, 5.74) is 0.566. The largest absolute Gasteiger partial charge is 0.352 e. The molecule has 2 aliphatic rings. The Balaban J connectivity index is 1.49. The lowest BCUT2D eigenvalue weighted by atomic mass is 10.1. The molecule has 0 bridgehead atoms. The second-order valence-corrected chi connectivity index (χ2v) is 7.44. The molecule has 1 N–H and O–H groups in total. The van der Waals surface area contributed by atoms with Gasteiger partial charge in [-0.3, -0.25) is 9.48 Å². The Morgan fingerprint density at radius 1 is 1.38 bits per heavy atom. The van der Waals surface area contributed by atoms with Crippen molar-refractivity contribution in [2.24, 2.45) is 5.92 Å². The lowest BCUT2D eigenvalue weighted by Crippen LogP contribution is -2.31. The third-order valence-electron chi connectivity index (χ3n) is 4.46. The molecule has 1 aliphatic carbocycles. The summed E-state index contributed by atoms with van der Waals surface area (Å²) in [6.07, 6.45) is 7.43. The minimum atomic E-state index is -0.0885. The molecule has 0 radical (unpaired) electrons. The van der Waals surface area contributed by atoms with Crippen LogP contribution < -0.4 is 5.32 Å². The van der Waals surface area contributed by atoms with Crippen LogP contribution in [0.1, 0.15) is 50.4 Å². The van der Waals surface area contributed by atoms with Crippen molar-refractivity contribution in [2.45, 2.75) is 51.6 Å². The molecular formula is C16H26N4O. The Labute approximate surface area is 126 Å². The Morgan fingerprint density at radius 3 is 2.76 bits per heavy atom. The number of carbonyl (C=O) groups is 1. The highest BCUT2D eigenvalue weighted by molar-refractivity contribution is 5.93. The summed E-state index contributed by atoms with van der Waals surface area (Å²) in [4.78, 5) is 14.8. The summed E-state index contributed by atoms with van der Waals surface area (Å²) in [5, 5.41) is 7.35. The van der Waals surface area contributed by atoms with Gasteiger partial charge in [0, 0.05) is 25.3 Å². The van der Waals surface area contributed by atoms with Gasteiger partial charge in [-0.25, -0.2) is 0 Å². The summed E-state index contributed by atoms with van der Waals surface area (Å²) < 4.78 is 1.84. The maximum Gasteiger partial charge on any atom is 0.254 e. The van der Waals surface area contributed by atoms with Gasteiger partial charge in [0.2, 0.25) is 0 Å². The van der Waals surface area contributed by atoms with Crippen molar-refractivity contribution in [3.05, 3.63) is 18.0 Å². The van der Waals surface area contributed by atoms with Gasteiger partial charge in [-0.05, 0) is 52.5 Å². The van der Waals surface area contributed by atoms with Gasteiger partial charge in [0.05, 0.1) is 17.3 Å². The van der Waals surface area contributed by atoms with E-state index in [1.54, 1.807) is 6.20 Å². The molecule has 0 spiro atoms. The molecule has 2 fully saturated rings. The van der Waals surface area contributed by atoms with E-state index in [0.29, 0.717) is 11.5 Å². The van der Waals surface area contributed by atoms with Gasteiger partial charge >= 0.3 is 0 Å². The van der Waals surface area contributed by atoms with Crippen LogP contribution in [-0.2, 0) is 5.54 Å². The normalized spacial score (nSPS) is 23.5. The first kappa shape index (κ1) is 14.6. The lowest BCUT2D eigenvalue weighted by Gasteiger charge is -2.18. The first-order valence-corrected chi connectivity index (χ1v) is 8.01. The van der Waals surface area contributed by atoms with Crippen molar-refractivity contribution in [1.82, 2.24) is 20.0 Å². The molecular weight excluding hydrogens is 264 g/mol. The van der Waals surface area contributed by atoms with Crippen LogP contribution in [0.25, 0.3) is 0 Å². The Hall–Kier alpha value is -1.36. The second-order valence-electron chi connectivity index (χ2n) is 7.44. The van der Waals surface area contributed by atoms with E-state index in [1.165, 1.54) is 25.8 Å². The molecule has 1 saturated carbocycles. The second kappa shape index (κ2) is 5.44. The number of amides is 1. The molecule has 1 aliphatic heterocycles. The van der Waals surface area contributed by atoms with Gasteiger partial charge < -0.3 is 10.2 Å². The Bertz CT molecular complexity index is 513. The van der Waals surface area contributed by atoms with E-state index in [0.717, 1.165) is 19.1 Å². The first-order chi connectivity index (χ1) is 9.93. The number of carbonyl (C=O) groups excluding carboxylic acids is 1. The highest BCUT2D eigenvalue weighted by Crippen LogP contribution is 2.31. The summed E-state index contributed by atoms with van der Waals surface area (Å²) in [5.74, 6) is 0.600. The highest BCUT2D eigenvalue weighted by atomic mass is 16.1. The summed E-state index contributed by atoms with van der Waals surface area (Å²) >= 11 is 0. The van der Waals surface area contributed by atoms with E-state index in [1.807, 2.05) is 10.9 Å². The zero-order chi connectivity index (χ0) is 15.0. The average molecular weight is 290 g/mol. The fourth-order valence-corrected chi connectivity index (χ4v) is 2.95. The summed E-state index contributed by atoms with van der Waals surface area (Å²) in [6.45, 7) is 9.36. The quantitative estimate of drug-likeness (QED) is 0.921. The molecule has 1 aromatic heterocycles. The minimum Gasteiger partial charge on any atom is -0.352 e. The molecule has 1 atom stereocenters. The molecule has 0 unspecified atom stereocenters. The zero-order valence-corrected chi connectivity index (χ0v) is 13.3. The molecule has 21 heavy (non-hydrogen) atoms. The highest BCUT2D eigenvalue weighted by Gasteiger charge is 2.34. The molecule has 1 amide bonds. The molecule has 116 valence electrons. The van der Waals surface area contributed by atoms with Crippen LogP contribution in [0.5, 0.6) is 0 Å². The molecule has 5 nitrogen and oxygen atoms in total. The van der Waals surface area contributed by atoms with Crippen molar-refractivity contribution in [3.63, 3.8) is 0 Å². The number of likely N-dealkylation sites (tertiary alicyclic amines) is 1. The van der Waals surface area contributed by atoms with E-state index in [2.05, 4.69) is 36.1 Å². The van der Waals surface area contributed by atoms with E-state index in [4.69, 9.17) is 0 Å². The molecule has 0 aromatic carbocycles. The van der Waals surface area contributed by atoms with Gasteiger partial charge in [-0.15, -0.1) is 0 Å². The maximum absolute atomic E-state index is 12.2. The van der Waals surface area contributed by atoms with E-state index >= 15 is 0 Å². The van der Waals surface area contributed by atoms with Crippen LogP contribution in [-0.4, -0.2) is 46.3 Å². The average Bonchev–Trinajstić information content (AvgIpc) is 2.97. The number of aromatic nitrogens is 2. The van der Waals surface area contributed by atoms with Crippen molar-refractivity contribution in [3.8, 4) is 0 Å². The minimum absolute atomic E-state index is 0.00429. The fraction of sp³-hybridized carbons (Fsp3) is 0.750. The SMILES string of the molecule is CC(C)(C)n1cc(C(=O)NC[C@H]2CCN(C3CC3)C2)cn1. The van der Waals surface area contributed by atoms with Crippen LogP contribution in [0.15, 0.2) is 12.4 Å².